The van der Waals surface area contributed by atoms with Crippen LogP contribution in [0.1, 0.15) is 84.6 Å². The maximum absolute atomic E-state index is 7.25. The van der Waals surface area contributed by atoms with Gasteiger partial charge in [-0.15, -0.1) is 0 Å². The summed E-state index contributed by atoms with van der Waals surface area (Å²) < 4.78 is 7.25. The van der Waals surface area contributed by atoms with Gasteiger partial charge in [-0.25, -0.2) is 0 Å². The third-order valence-electron chi connectivity index (χ3n) is 12.1. The lowest BCUT2D eigenvalue weighted by Crippen LogP contribution is -2.88. The molecule has 3 aliphatic heterocycles. The van der Waals surface area contributed by atoms with E-state index < -0.39 is 8.07 Å². The molecule has 0 aromatic heterocycles. The van der Waals surface area contributed by atoms with Crippen LogP contribution >= 0.6 is 0 Å². The second-order valence-corrected chi connectivity index (χ2v) is 22.5. The Labute approximate surface area is 318 Å². The summed E-state index contributed by atoms with van der Waals surface area (Å²) in [5.74, 6) is 2.00. The molecule has 4 heteroatoms. The van der Waals surface area contributed by atoms with Crippen LogP contribution < -0.4 is 46.8 Å². The predicted molar refractivity (Wildman–Crippen MR) is 230 cm³/mol. The van der Waals surface area contributed by atoms with Crippen LogP contribution in [0, 0.1) is 6.92 Å². The Hall–Kier alpha value is -4.80. The molecule has 9 rings (SSSR count). The summed E-state index contributed by atoms with van der Waals surface area (Å²) in [4.78, 5) is 2.57. The number of hydrogen-bond acceptors (Lipinski definition) is 2. The van der Waals surface area contributed by atoms with Crippen molar-refractivity contribution in [3.05, 3.63) is 144 Å². The van der Waals surface area contributed by atoms with Crippen LogP contribution in [-0.4, -0.2) is 14.8 Å². The molecular weight excluding hydrogens is 657 g/mol. The number of ether oxygens (including phenoxy) is 1. The van der Waals surface area contributed by atoms with Crippen molar-refractivity contribution in [1.82, 2.24) is 0 Å². The van der Waals surface area contributed by atoms with Crippen molar-refractivity contribution in [3.63, 3.8) is 0 Å². The molecule has 0 atom stereocenters. The molecule has 0 saturated heterocycles. The summed E-state index contributed by atoms with van der Waals surface area (Å²) in [5, 5.41) is 5.79. The summed E-state index contributed by atoms with van der Waals surface area (Å²) in [5.41, 5.74) is 12.9. The van der Waals surface area contributed by atoms with Crippen LogP contribution in [0.2, 0.25) is 0 Å². The van der Waals surface area contributed by atoms with Crippen LogP contribution in [0.15, 0.2) is 121 Å². The fourth-order valence-corrected chi connectivity index (χ4v) is 14.7. The first-order valence-electron chi connectivity index (χ1n) is 19.3. The largest absolute Gasteiger partial charge is 0.458 e. The topological polar surface area (TPSA) is 12.5 Å². The Bertz CT molecular complexity index is 2390. The van der Waals surface area contributed by atoms with Crippen LogP contribution in [-0.2, 0) is 16.2 Å². The van der Waals surface area contributed by atoms with E-state index in [1.165, 1.54) is 76.5 Å². The molecule has 6 aromatic rings. The van der Waals surface area contributed by atoms with Crippen molar-refractivity contribution in [2.75, 3.05) is 4.90 Å². The van der Waals surface area contributed by atoms with E-state index in [2.05, 4.69) is 195 Å². The highest BCUT2D eigenvalue weighted by Crippen LogP contribution is 2.44. The highest BCUT2D eigenvalue weighted by molar-refractivity contribution is 7.27. The molecule has 264 valence electrons. The van der Waals surface area contributed by atoms with Crippen LogP contribution in [0.25, 0.3) is 0 Å². The van der Waals surface area contributed by atoms with Gasteiger partial charge in [-0.3, -0.25) is 0 Å². The van der Waals surface area contributed by atoms with Gasteiger partial charge in [-0.1, -0.05) is 147 Å². The number of benzene rings is 6. The van der Waals surface area contributed by atoms with E-state index in [0.717, 1.165) is 11.5 Å². The molecule has 3 heterocycles. The monoisotopic (exact) mass is 707 g/mol. The smallest absolute Gasteiger partial charge is 0.256 e. The summed E-state index contributed by atoms with van der Waals surface area (Å²) in [6.45, 7) is 23.3. The molecular formula is C49H50BNOSi. The van der Waals surface area contributed by atoms with Crippen molar-refractivity contribution in [1.29, 1.82) is 0 Å². The van der Waals surface area contributed by atoms with E-state index in [9.17, 15) is 0 Å². The van der Waals surface area contributed by atoms with Crippen molar-refractivity contribution >= 4 is 69.0 Å². The maximum Gasteiger partial charge on any atom is 0.256 e. The van der Waals surface area contributed by atoms with Crippen LogP contribution in [0.5, 0.6) is 11.5 Å². The number of hydrogen-bond donors (Lipinski definition) is 0. The number of nitrogens with zero attached hydrogens (tertiary/aromatic N) is 1. The Kier molecular flexibility index (Phi) is 7.28. The quantitative estimate of drug-likeness (QED) is 0.173. The highest BCUT2D eigenvalue weighted by atomic mass is 28.3. The highest BCUT2D eigenvalue weighted by Gasteiger charge is 2.56. The van der Waals surface area contributed by atoms with E-state index in [1.54, 1.807) is 0 Å². The number of anilines is 3. The second-order valence-electron chi connectivity index (χ2n) is 18.7. The van der Waals surface area contributed by atoms with Gasteiger partial charge in [0.25, 0.3) is 6.71 Å². The van der Waals surface area contributed by atoms with Gasteiger partial charge >= 0.3 is 0 Å². The molecule has 2 nitrogen and oxygen atoms in total. The molecule has 0 radical (unpaired) electrons. The van der Waals surface area contributed by atoms with Gasteiger partial charge in [0, 0.05) is 17.1 Å². The standard InChI is InChI=1S/C49H50BNOSi/c1-31-25-38-44-40(26-31)52-41-28-34(49(8,9)10)30-43-46(41)50(44)45-39(51(38)35-23-21-32(22-24-35)47(2,3)4)27-33(48(5,6)7)29-42(45)53(43,36-17-13-11-14-18-36)37-19-15-12-16-20-37/h11-30H,1-10H3. The lowest BCUT2D eigenvalue weighted by Gasteiger charge is -2.50. The van der Waals surface area contributed by atoms with Gasteiger partial charge in [-0.2, -0.15) is 0 Å². The van der Waals surface area contributed by atoms with Gasteiger partial charge in [0.2, 0.25) is 0 Å². The first-order valence-corrected chi connectivity index (χ1v) is 21.3. The first-order chi connectivity index (χ1) is 25.1. The first kappa shape index (κ1) is 34.0. The van der Waals surface area contributed by atoms with E-state index in [1.807, 2.05) is 0 Å². The number of rotatable bonds is 3. The molecule has 0 aliphatic carbocycles. The van der Waals surface area contributed by atoms with Crippen molar-refractivity contribution in [2.24, 2.45) is 0 Å². The fraction of sp³-hybridized carbons (Fsp3) is 0.265. The zero-order chi connectivity index (χ0) is 37.2. The molecule has 0 unspecified atom stereocenters. The zero-order valence-corrected chi connectivity index (χ0v) is 34.0. The Morgan fingerprint density at radius 3 is 1.53 bits per heavy atom. The van der Waals surface area contributed by atoms with E-state index >= 15 is 0 Å². The zero-order valence-electron chi connectivity index (χ0n) is 33.0. The molecule has 53 heavy (non-hydrogen) atoms. The molecule has 0 fully saturated rings. The Morgan fingerprint density at radius 2 is 0.981 bits per heavy atom. The van der Waals surface area contributed by atoms with Crippen molar-refractivity contribution < 1.29 is 4.74 Å². The minimum absolute atomic E-state index is 0.0607. The average Bonchev–Trinajstić information content (AvgIpc) is 3.11. The van der Waals surface area contributed by atoms with Crippen molar-refractivity contribution in [2.45, 2.75) is 85.5 Å². The maximum atomic E-state index is 7.25. The summed E-state index contributed by atoms with van der Waals surface area (Å²) in [7, 11) is -2.96. The van der Waals surface area contributed by atoms with Crippen LogP contribution in [0.3, 0.4) is 0 Å². The van der Waals surface area contributed by atoms with Gasteiger partial charge < -0.3 is 9.64 Å². The molecule has 0 bridgehead atoms. The predicted octanol–water partition coefficient (Wildman–Crippen LogP) is 7.98. The lowest BCUT2D eigenvalue weighted by molar-refractivity contribution is 0.483. The third kappa shape index (κ3) is 4.98. The Balaban J connectivity index is 1.51. The SMILES string of the molecule is Cc1cc2c3c(c1)N(c1ccc(C(C)(C)C)cc1)c1cc(C(C)(C)C)cc4c1B3c1c(cc(C(C)(C)C)cc1[Si]4(c1ccccc1)c1ccccc1)O2. The third-order valence-corrected chi connectivity index (χ3v) is 16.9. The minimum Gasteiger partial charge on any atom is -0.458 e. The molecule has 0 spiro atoms. The fourth-order valence-electron chi connectivity index (χ4n) is 9.31. The second kappa shape index (κ2) is 11.4. The summed E-state index contributed by atoms with van der Waals surface area (Å²) in [6, 6.07) is 47.1. The van der Waals surface area contributed by atoms with Crippen LogP contribution in [0.4, 0.5) is 17.1 Å². The molecule has 6 aromatic carbocycles. The van der Waals surface area contributed by atoms with Crippen molar-refractivity contribution in [3.8, 4) is 11.5 Å². The van der Waals surface area contributed by atoms with Gasteiger partial charge in [0.1, 0.15) is 11.5 Å². The van der Waals surface area contributed by atoms with Gasteiger partial charge in [-0.05, 0) is 119 Å². The Morgan fingerprint density at radius 1 is 0.491 bits per heavy atom. The summed E-state index contributed by atoms with van der Waals surface area (Å²) >= 11 is 0. The number of aryl methyl sites for hydroxylation is 1. The van der Waals surface area contributed by atoms with Gasteiger partial charge in [0.15, 0.2) is 8.07 Å². The normalized spacial score (nSPS) is 15.2. The van der Waals surface area contributed by atoms with E-state index in [0.29, 0.717) is 0 Å². The molecule has 0 saturated carbocycles. The lowest BCUT2D eigenvalue weighted by atomic mass is 9.33. The summed E-state index contributed by atoms with van der Waals surface area (Å²) in [6.07, 6.45) is 0. The average molecular weight is 708 g/mol. The van der Waals surface area contributed by atoms with E-state index in [4.69, 9.17) is 4.74 Å². The van der Waals surface area contributed by atoms with Gasteiger partial charge in [0.05, 0.1) is 0 Å². The molecule has 3 aliphatic rings. The molecule has 0 amide bonds. The van der Waals surface area contributed by atoms with E-state index in [-0.39, 0.29) is 23.0 Å². The minimum atomic E-state index is -2.96. The molecule has 0 N–H and O–H groups in total.